The van der Waals surface area contributed by atoms with E-state index in [4.69, 9.17) is 6.42 Å². The lowest BCUT2D eigenvalue weighted by molar-refractivity contribution is 0.908. The van der Waals surface area contributed by atoms with E-state index in [0.717, 1.165) is 15.0 Å². The van der Waals surface area contributed by atoms with E-state index in [-0.39, 0.29) is 6.04 Å². The van der Waals surface area contributed by atoms with Gasteiger partial charge >= 0.3 is 0 Å². The molecule has 0 spiro atoms. The average Bonchev–Trinajstić information content (AvgIpc) is 2.76. The molecule has 2 aromatic rings. The smallest absolute Gasteiger partial charge is 0.0702 e. The van der Waals surface area contributed by atoms with Crippen LogP contribution in [0.15, 0.2) is 40.2 Å². The highest BCUT2D eigenvalue weighted by molar-refractivity contribution is 9.11. The van der Waals surface area contributed by atoms with Gasteiger partial charge < -0.3 is 5.32 Å². The lowest BCUT2D eigenvalue weighted by atomic mass is 10.2. The molecule has 2 rings (SSSR count). The molecule has 1 N–H and O–H groups in total. The van der Waals surface area contributed by atoms with Crippen molar-refractivity contribution in [2.75, 3.05) is 5.32 Å². The Labute approximate surface area is 114 Å². The van der Waals surface area contributed by atoms with Crippen LogP contribution >= 0.6 is 27.3 Å². The van der Waals surface area contributed by atoms with Crippen LogP contribution < -0.4 is 5.32 Å². The van der Waals surface area contributed by atoms with Crippen molar-refractivity contribution in [3.8, 4) is 12.3 Å². The molecule has 0 aliphatic rings. The Hall–Kier alpha value is -1.24. The van der Waals surface area contributed by atoms with Crippen molar-refractivity contribution >= 4 is 33.0 Å². The number of rotatable bonds is 3. The van der Waals surface area contributed by atoms with E-state index in [2.05, 4.69) is 46.2 Å². The maximum absolute atomic E-state index is 5.38. The Kier molecular flexibility index (Phi) is 3.88. The zero-order chi connectivity index (χ0) is 12.3. The number of nitrogens with one attached hydrogen (secondary N) is 1. The normalized spacial score (nSPS) is 11.8. The lowest BCUT2D eigenvalue weighted by Gasteiger charge is -2.13. The summed E-state index contributed by atoms with van der Waals surface area (Å²) in [4.78, 5) is 1.29. The molecule has 1 aromatic heterocycles. The van der Waals surface area contributed by atoms with Crippen LogP contribution in [0.5, 0.6) is 0 Å². The maximum Gasteiger partial charge on any atom is 0.0702 e. The number of halogens is 1. The van der Waals surface area contributed by atoms with Gasteiger partial charge in [0.25, 0.3) is 0 Å². The molecule has 0 radical (unpaired) electrons. The van der Waals surface area contributed by atoms with Gasteiger partial charge in [0.15, 0.2) is 0 Å². The van der Waals surface area contributed by atoms with Crippen molar-refractivity contribution < 1.29 is 0 Å². The fourth-order valence-corrected chi connectivity index (χ4v) is 3.01. The summed E-state index contributed by atoms with van der Waals surface area (Å²) in [6.07, 6.45) is 5.38. The van der Waals surface area contributed by atoms with Gasteiger partial charge in [0.05, 0.1) is 9.83 Å². The largest absolute Gasteiger partial charge is 0.378 e. The van der Waals surface area contributed by atoms with E-state index < -0.39 is 0 Å². The van der Waals surface area contributed by atoms with Gasteiger partial charge in [-0.15, -0.1) is 17.8 Å². The van der Waals surface area contributed by atoms with Crippen LogP contribution in [0.1, 0.15) is 23.4 Å². The standard InChI is InChI=1S/C14H12BrNS/c1-3-11-5-4-6-12(9-11)16-10(2)13-7-8-14(15)17-13/h1,4-10,16H,2H3. The summed E-state index contributed by atoms with van der Waals surface area (Å²) in [6.45, 7) is 2.14. The fraction of sp³-hybridized carbons (Fsp3) is 0.143. The molecule has 17 heavy (non-hydrogen) atoms. The second-order valence-corrected chi connectivity index (χ2v) is 6.23. The Morgan fingerprint density at radius 2 is 2.18 bits per heavy atom. The molecule has 0 aliphatic carbocycles. The van der Waals surface area contributed by atoms with Crippen LogP contribution in [-0.2, 0) is 0 Å². The molecular weight excluding hydrogens is 294 g/mol. The first-order chi connectivity index (χ1) is 8.19. The van der Waals surface area contributed by atoms with Crippen molar-refractivity contribution in [2.45, 2.75) is 13.0 Å². The fourth-order valence-electron chi connectivity index (χ4n) is 1.58. The van der Waals surface area contributed by atoms with Crippen LogP contribution in [0.2, 0.25) is 0 Å². The molecule has 1 heterocycles. The minimum absolute atomic E-state index is 0.277. The van der Waals surface area contributed by atoms with Crippen molar-refractivity contribution in [1.29, 1.82) is 0 Å². The lowest BCUT2D eigenvalue weighted by Crippen LogP contribution is -2.04. The Balaban J connectivity index is 2.13. The predicted octanol–water partition coefficient (Wildman–Crippen LogP) is 4.67. The van der Waals surface area contributed by atoms with Gasteiger partial charge in [-0.2, -0.15) is 0 Å². The molecule has 0 bridgehead atoms. The van der Waals surface area contributed by atoms with Crippen LogP contribution in [0.25, 0.3) is 0 Å². The molecule has 0 fully saturated rings. The molecule has 0 amide bonds. The van der Waals surface area contributed by atoms with Gasteiger partial charge in [-0.05, 0) is 53.2 Å². The molecule has 1 aromatic carbocycles. The number of hydrogen-bond donors (Lipinski definition) is 1. The summed E-state index contributed by atoms with van der Waals surface area (Å²) >= 11 is 5.21. The summed E-state index contributed by atoms with van der Waals surface area (Å²) in [6, 6.07) is 12.4. The van der Waals surface area contributed by atoms with Gasteiger partial charge in [-0.25, -0.2) is 0 Å². The number of terminal acetylenes is 1. The van der Waals surface area contributed by atoms with Gasteiger partial charge in [0.2, 0.25) is 0 Å². The summed E-state index contributed by atoms with van der Waals surface area (Å²) in [5.74, 6) is 2.64. The summed E-state index contributed by atoms with van der Waals surface area (Å²) in [7, 11) is 0. The summed E-state index contributed by atoms with van der Waals surface area (Å²) < 4.78 is 1.15. The van der Waals surface area contributed by atoms with E-state index >= 15 is 0 Å². The minimum Gasteiger partial charge on any atom is -0.378 e. The first-order valence-corrected chi connectivity index (χ1v) is 6.88. The Bertz CT molecular complexity index is 553. The zero-order valence-electron chi connectivity index (χ0n) is 9.41. The summed E-state index contributed by atoms with van der Waals surface area (Å²) in [5, 5.41) is 3.44. The zero-order valence-corrected chi connectivity index (χ0v) is 11.8. The maximum atomic E-state index is 5.38. The third-order valence-electron chi connectivity index (χ3n) is 2.43. The topological polar surface area (TPSA) is 12.0 Å². The highest BCUT2D eigenvalue weighted by Gasteiger charge is 2.07. The van der Waals surface area contributed by atoms with E-state index in [1.54, 1.807) is 11.3 Å². The van der Waals surface area contributed by atoms with E-state index in [1.165, 1.54) is 4.88 Å². The highest BCUT2D eigenvalue weighted by Crippen LogP contribution is 2.29. The van der Waals surface area contributed by atoms with E-state index in [0.29, 0.717) is 0 Å². The van der Waals surface area contributed by atoms with E-state index in [9.17, 15) is 0 Å². The van der Waals surface area contributed by atoms with E-state index in [1.807, 2.05) is 24.3 Å². The monoisotopic (exact) mass is 305 g/mol. The van der Waals surface area contributed by atoms with Gasteiger partial charge in [-0.3, -0.25) is 0 Å². The first-order valence-electron chi connectivity index (χ1n) is 5.27. The minimum atomic E-state index is 0.277. The number of hydrogen-bond acceptors (Lipinski definition) is 2. The van der Waals surface area contributed by atoms with Gasteiger partial charge in [0.1, 0.15) is 0 Å². The molecule has 0 saturated carbocycles. The first kappa shape index (κ1) is 12.2. The Morgan fingerprint density at radius 3 is 2.82 bits per heavy atom. The van der Waals surface area contributed by atoms with Crippen LogP contribution in [0.3, 0.4) is 0 Å². The number of thiophene rings is 1. The second kappa shape index (κ2) is 5.39. The second-order valence-electron chi connectivity index (χ2n) is 3.73. The van der Waals surface area contributed by atoms with Crippen LogP contribution in [0.4, 0.5) is 5.69 Å². The quantitative estimate of drug-likeness (QED) is 0.813. The number of anilines is 1. The van der Waals surface area contributed by atoms with Crippen LogP contribution in [-0.4, -0.2) is 0 Å². The summed E-state index contributed by atoms with van der Waals surface area (Å²) in [5.41, 5.74) is 1.95. The van der Waals surface area contributed by atoms with Crippen LogP contribution in [0, 0.1) is 12.3 Å². The Morgan fingerprint density at radius 1 is 1.35 bits per heavy atom. The van der Waals surface area contributed by atoms with Crippen molar-refractivity contribution in [2.24, 2.45) is 0 Å². The van der Waals surface area contributed by atoms with Crippen molar-refractivity contribution in [3.63, 3.8) is 0 Å². The third-order valence-corrected chi connectivity index (χ3v) is 4.24. The van der Waals surface area contributed by atoms with Crippen molar-refractivity contribution in [1.82, 2.24) is 0 Å². The molecular formula is C14H12BrNS. The molecule has 86 valence electrons. The third kappa shape index (κ3) is 3.12. The molecule has 1 unspecified atom stereocenters. The number of benzene rings is 1. The molecule has 3 heteroatoms. The predicted molar refractivity (Wildman–Crippen MR) is 78.4 cm³/mol. The van der Waals surface area contributed by atoms with Crippen molar-refractivity contribution in [3.05, 3.63) is 50.6 Å². The van der Waals surface area contributed by atoms with Gasteiger partial charge in [0, 0.05) is 16.1 Å². The molecule has 0 aliphatic heterocycles. The average molecular weight is 306 g/mol. The van der Waals surface area contributed by atoms with Gasteiger partial charge in [-0.1, -0.05) is 12.0 Å². The highest BCUT2D eigenvalue weighted by atomic mass is 79.9. The molecule has 1 nitrogen and oxygen atoms in total. The molecule has 1 atom stereocenters. The SMILES string of the molecule is C#Cc1cccc(NC(C)c2ccc(Br)s2)c1. The molecule has 0 saturated heterocycles.